The van der Waals surface area contributed by atoms with Crippen molar-refractivity contribution in [1.29, 1.82) is 0 Å². The Morgan fingerprint density at radius 2 is 2.21 bits per heavy atom. The van der Waals surface area contributed by atoms with Crippen LogP contribution in [0.15, 0.2) is 18.2 Å². The van der Waals surface area contributed by atoms with Crippen LogP contribution in [0.4, 0.5) is 0 Å². The molecule has 1 spiro atoms. The van der Waals surface area contributed by atoms with Gasteiger partial charge in [-0.05, 0) is 50.4 Å². The lowest BCUT2D eigenvalue weighted by Gasteiger charge is -2.48. The monoisotopic (exact) mass is 279 g/mol. The predicted molar refractivity (Wildman–Crippen MR) is 78.9 cm³/mol. The zero-order chi connectivity index (χ0) is 13.5. The maximum atomic E-state index is 6.46. The van der Waals surface area contributed by atoms with Gasteiger partial charge in [0.25, 0.3) is 0 Å². The molecule has 0 aromatic heterocycles. The van der Waals surface area contributed by atoms with Crippen molar-refractivity contribution in [2.75, 3.05) is 7.05 Å². The molecule has 2 nitrogen and oxygen atoms in total. The first kappa shape index (κ1) is 13.3. The highest BCUT2D eigenvalue weighted by atomic mass is 35.5. The normalized spacial score (nSPS) is 33.8. The van der Waals surface area contributed by atoms with Gasteiger partial charge >= 0.3 is 0 Å². The number of nitrogens with one attached hydrogen (secondary N) is 1. The average Bonchev–Trinajstić information content (AvgIpc) is 2.42. The van der Waals surface area contributed by atoms with E-state index in [1.54, 1.807) is 0 Å². The number of benzene rings is 1. The highest BCUT2D eigenvalue weighted by molar-refractivity contribution is 6.30. The van der Waals surface area contributed by atoms with Crippen LogP contribution in [0, 0.1) is 5.92 Å². The van der Waals surface area contributed by atoms with Crippen LogP contribution in [0.25, 0.3) is 0 Å². The van der Waals surface area contributed by atoms with Gasteiger partial charge in [-0.2, -0.15) is 0 Å². The van der Waals surface area contributed by atoms with Crippen LogP contribution in [-0.4, -0.2) is 12.6 Å². The maximum Gasteiger partial charge on any atom is 0.125 e. The van der Waals surface area contributed by atoms with Crippen molar-refractivity contribution in [3.05, 3.63) is 28.8 Å². The lowest BCUT2D eigenvalue weighted by Crippen LogP contribution is -2.50. The fourth-order valence-electron chi connectivity index (χ4n) is 3.70. The molecule has 0 amide bonds. The van der Waals surface area contributed by atoms with Gasteiger partial charge in [0.05, 0.1) is 0 Å². The summed E-state index contributed by atoms with van der Waals surface area (Å²) in [4.78, 5) is 0. The van der Waals surface area contributed by atoms with Crippen LogP contribution in [0.3, 0.4) is 0 Å². The molecule has 1 aromatic carbocycles. The summed E-state index contributed by atoms with van der Waals surface area (Å²) in [5.41, 5.74) is 1.23. The summed E-state index contributed by atoms with van der Waals surface area (Å²) >= 11 is 6.12. The summed E-state index contributed by atoms with van der Waals surface area (Å²) in [6.45, 7) is 2.34. The molecule has 1 N–H and O–H groups in total. The minimum Gasteiger partial charge on any atom is -0.487 e. The smallest absolute Gasteiger partial charge is 0.125 e. The second-order valence-electron chi connectivity index (χ2n) is 6.04. The lowest BCUT2D eigenvalue weighted by atomic mass is 9.71. The van der Waals surface area contributed by atoms with E-state index < -0.39 is 0 Å². The average molecular weight is 280 g/mol. The van der Waals surface area contributed by atoms with Gasteiger partial charge in [-0.1, -0.05) is 24.9 Å². The molecule has 3 heteroatoms. The number of ether oxygens (including phenoxy) is 1. The molecular formula is C16H22ClNO. The van der Waals surface area contributed by atoms with E-state index in [0.29, 0.717) is 12.0 Å². The molecule has 0 bridgehead atoms. The summed E-state index contributed by atoms with van der Waals surface area (Å²) in [6.07, 6.45) is 6.12. The molecule has 2 aliphatic rings. The summed E-state index contributed by atoms with van der Waals surface area (Å²) in [6, 6.07) is 6.35. The van der Waals surface area contributed by atoms with Crippen LogP contribution in [0.5, 0.6) is 5.75 Å². The Morgan fingerprint density at radius 1 is 1.37 bits per heavy atom. The van der Waals surface area contributed by atoms with Crippen LogP contribution >= 0.6 is 11.6 Å². The zero-order valence-electron chi connectivity index (χ0n) is 11.7. The molecule has 3 unspecified atom stereocenters. The first-order valence-corrected chi connectivity index (χ1v) is 7.68. The number of hydrogen-bond acceptors (Lipinski definition) is 2. The molecule has 0 radical (unpaired) electrons. The van der Waals surface area contributed by atoms with Crippen molar-refractivity contribution in [3.63, 3.8) is 0 Å². The minimum absolute atomic E-state index is 0.0206. The fourth-order valence-corrected chi connectivity index (χ4v) is 3.88. The molecule has 1 aliphatic heterocycles. The van der Waals surface area contributed by atoms with E-state index in [9.17, 15) is 0 Å². The van der Waals surface area contributed by atoms with Crippen molar-refractivity contribution in [1.82, 2.24) is 5.32 Å². The van der Waals surface area contributed by atoms with Gasteiger partial charge in [0, 0.05) is 23.0 Å². The lowest BCUT2D eigenvalue weighted by molar-refractivity contribution is -0.0436. The van der Waals surface area contributed by atoms with Crippen molar-refractivity contribution < 1.29 is 4.74 Å². The standard InChI is InChI=1S/C16H22ClNO/c1-11-5-3-4-8-16(11)10-14(18-2)13-9-12(17)6-7-15(13)19-16/h6-7,9,11,14,18H,3-5,8,10H2,1-2H3. The first-order chi connectivity index (χ1) is 9.14. The van der Waals surface area contributed by atoms with Gasteiger partial charge in [-0.15, -0.1) is 0 Å². The Morgan fingerprint density at radius 3 is 2.95 bits per heavy atom. The molecule has 3 atom stereocenters. The fraction of sp³-hybridized carbons (Fsp3) is 0.625. The maximum absolute atomic E-state index is 6.46. The van der Waals surface area contributed by atoms with E-state index in [-0.39, 0.29) is 5.60 Å². The largest absolute Gasteiger partial charge is 0.487 e. The van der Waals surface area contributed by atoms with Crippen LogP contribution in [0.1, 0.15) is 50.6 Å². The zero-order valence-corrected chi connectivity index (χ0v) is 12.5. The predicted octanol–water partition coefficient (Wildman–Crippen LogP) is 4.33. The van der Waals surface area contributed by atoms with E-state index in [2.05, 4.69) is 12.2 Å². The van der Waals surface area contributed by atoms with Crippen molar-refractivity contribution in [2.45, 2.75) is 50.7 Å². The van der Waals surface area contributed by atoms with Gasteiger partial charge < -0.3 is 10.1 Å². The molecule has 1 saturated carbocycles. The highest BCUT2D eigenvalue weighted by Gasteiger charge is 2.45. The molecule has 0 saturated heterocycles. The minimum atomic E-state index is 0.0206. The van der Waals surface area contributed by atoms with Gasteiger partial charge in [0.2, 0.25) is 0 Å². The van der Waals surface area contributed by atoms with Gasteiger partial charge in [-0.3, -0.25) is 0 Å². The van der Waals surface area contributed by atoms with Gasteiger partial charge in [-0.25, -0.2) is 0 Å². The molecule has 104 valence electrons. The number of rotatable bonds is 1. The summed E-state index contributed by atoms with van der Waals surface area (Å²) in [5, 5.41) is 4.23. The third-order valence-corrected chi connectivity index (χ3v) is 5.18. The molecule has 1 aliphatic carbocycles. The van der Waals surface area contributed by atoms with Crippen LogP contribution in [0.2, 0.25) is 5.02 Å². The van der Waals surface area contributed by atoms with Crippen molar-refractivity contribution in [3.8, 4) is 5.75 Å². The molecule has 1 aromatic rings. The second kappa shape index (κ2) is 4.99. The third-order valence-electron chi connectivity index (χ3n) is 4.94. The van der Waals surface area contributed by atoms with E-state index in [1.807, 2.05) is 25.2 Å². The first-order valence-electron chi connectivity index (χ1n) is 7.30. The quantitative estimate of drug-likeness (QED) is 0.826. The van der Waals surface area contributed by atoms with Crippen LogP contribution < -0.4 is 10.1 Å². The topological polar surface area (TPSA) is 21.3 Å². The van der Waals surface area contributed by atoms with E-state index in [1.165, 1.54) is 31.2 Å². The van der Waals surface area contributed by atoms with Crippen molar-refractivity contribution >= 4 is 11.6 Å². The number of fused-ring (bicyclic) bond motifs is 1. The summed E-state index contributed by atoms with van der Waals surface area (Å²) < 4.78 is 6.46. The molecular weight excluding hydrogens is 258 g/mol. The Bertz CT molecular complexity index is 476. The van der Waals surface area contributed by atoms with Crippen LogP contribution in [-0.2, 0) is 0 Å². The SMILES string of the molecule is CNC1CC2(CCCCC2C)Oc2ccc(Cl)cc21. The molecule has 19 heavy (non-hydrogen) atoms. The highest BCUT2D eigenvalue weighted by Crippen LogP contribution is 2.48. The van der Waals surface area contributed by atoms with E-state index in [0.717, 1.165) is 17.2 Å². The summed E-state index contributed by atoms with van der Waals surface area (Å²) in [5.74, 6) is 1.64. The number of halogens is 1. The Kier molecular flexibility index (Phi) is 3.48. The molecule has 1 fully saturated rings. The van der Waals surface area contributed by atoms with Gasteiger partial charge in [0.15, 0.2) is 0 Å². The third kappa shape index (κ3) is 2.25. The Labute approximate surface area is 120 Å². The Hall–Kier alpha value is -0.730. The molecule has 1 heterocycles. The van der Waals surface area contributed by atoms with E-state index >= 15 is 0 Å². The van der Waals surface area contributed by atoms with Gasteiger partial charge in [0.1, 0.15) is 11.4 Å². The van der Waals surface area contributed by atoms with Crippen molar-refractivity contribution in [2.24, 2.45) is 5.92 Å². The summed E-state index contributed by atoms with van der Waals surface area (Å²) in [7, 11) is 2.03. The molecule has 3 rings (SSSR count). The Balaban J connectivity index is 1.99. The second-order valence-corrected chi connectivity index (χ2v) is 6.48. The van der Waals surface area contributed by atoms with E-state index in [4.69, 9.17) is 16.3 Å². The number of hydrogen-bond donors (Lipinski definition) is 1.